The Bertz CT molecular complexity index is 796. The van der Waals surface area contributed by atoms with E-state index in [0.717, 1.165) is 12.1 Å². The molecular weight excluding hydrogens is 394 g/mol. The highest BCUT2D eigenvalue weighted by Gasteiger charge is 2.32. The molecule has 1 amide bonds. The number of thioether (sulfide) groups is 1. The Morgan fingerprint density at radius 3 is 2.48 bits per heavy atom. The number of hydrogen-bond donors (Lipinski definition) is 0. The normalized spacial score (nSPS) is 23.2. The first-order valence-electron chi connectivity index (χ1n) is 9.06. The van der Waals surface area contributed by atoms with Crippen molar-refractivity contribution in [2.45, 2.75) is 24.5 Å². The number of carbonyl (C=O) groups excluding carboxylic acids is 1. The molecule has 3 rings (SSSR count). The molecule has 2 heterocycles. The van der Waals surface area contributed by atoms with E-state index in [1.54, 1.807) is 16.7 Å². The van der Waals surface area contributed by atoms with E-state index >= 15 is 0 Å². The van der Waals surface area contributed by atoms with Gasteiger partial charge in [-0.2, -0.15) is 11.8 Å². The maximum absolute atomic E-state index is 14.1. The molecule has 9 heteroatoms. The van der Waals surface area contributed by atoms with Gasteiger partial charge in [-0.1, -0.05) is 0 Å². The molecule has 1 aromatic rings. The third-order valence-electron chi connectivity index (χ3n) is 5.23. The van der Waals surface area contributed by atoms with Crippen LogP contribution in [0, 0.1) is 17.6 Å². The van der Waals surface area contributed by atoms with Crippen LogP contribution in [0.2, 0.25) is 0 Å². The third kappa shape index (κ3) is 5.00. The minimum Gasteiger partial charge on any atom is -0.342 e. The summed E-state index contributed by atoms with van der Waals surface area (Å²) in [5, 5.41) is -0.175. The van der Waals surface area contributed by atoms with Gasteiger partial charge in [0.05, 0.1) is 6.26 Å². The molecule has 0 saturated carbocycles. The van der Waals surface area contributed by atoms with Crippen molar-refractivity contribution in [1.29, 1.82) is 0 Å². The van der Waals surface area contributed by atoms with E-state index in [2.05, 4.69) is 0 Å². The van der Waals surface area contributed by atoms with Crippen molar-refractivity contribution in [2.24, 2.45) is 5.92 Å². The van der Waals surface area contributed by atoms with E-state index < -0.39 is 21.7 Å². The number of nitrogens with zero attached hydrogens (tertiary/aromatic N) is 2. The second kappa shape index (κ2) is 8.45. The minimum atomic E-state index is -3.21. The molecule has 1 aromatic carbocycles. The van der Waals surface area contributed by atoms with Gasteiger partial charge >= 0.3 is 0 Å². The molecule has 0 bridgehead atoms. The van der Waals surface area contributed by atoms with Gasteiger partial charge in [-0.15, -0.1) is 0 Å². The topological polar surface area (TPSA) is 57.7 Å². The summed E-state index contributed by atoms with van der Waals surface area (Å²) in [6.45, 7) is 1.81. The summed E-state index contributed by atoms with van der Waals surface area (Å²) in [6, 6.07) is 3.50. The Kier molecular flexibility index (Phi) is 6.43. The summed E-state index contributed by atoms with van der Waals surface area (Å²) in [6.07, 6.45) is 2.81. The van der Waals surface area contributed by atoms with Crippen LogP contribution < -0.4 is 0 Å². The zero-order chi connectivity index (χ0) is 19.6. The van der Waals surface area contributed by atoms with E-state index in [4.69, 9.17) is 0 Å². The number of amides is 1. The fraction of sp³-hybridized carbons (Fsp3) is 0.611. The van der Waals surface area contributed by atoms with Crippen LogP contribution in [0.5, 0.6) is 0 Å². The molecule has 0 N–H and O–H groups in total. The van der Waals surface area contributed by atoms with Crippen LogP contribution in [0.4, 0.5) is 8.78 Å². The van der Waals surface area contributed by atoms with E-state index in [-0.39, 0.29) is 17.1 Å². The summed E-state index contributed by atoms with van der Waals surface area (Å²) >= 11 is 1.54. The number of rotatable bonds is 3. The minimum absolute atomic E-state index is 0.0455. The van der Waals surface area contributed by atoms with E-state index in [9.17, 15) is 22.0 Å². The van der Waals surface area contributed by atoms with E-state index in [0.29, 0.717) is 56.8 Å². The van der Waals surface area contributed by atoms with Crippen molar-refractivity contribution < 1.29 is 22.0 Å². The number of benzene rings is 1. The largest absolute Gasteiger partial charge is 0.342 e. The molecule has 27 heavy (non-hydrogen) atoms. The first kappa shape index (κ1) is 20.5. The van der Waals surface area contributed by atoms with Crippen LogP contribution in [0.3, 0.4) is 0 Å². The maximum atomic E-state index is 14.1. The van der Waals surface area contributed by atoms with Crippen LogP contribution >= 0.6 is 11.8 Å². The standard InChI is InChI=1S/C18H24F2N2O3S2/c1-27(24,25)22-8-4-13(5-9-22)18(23)21-7-6-17(26-11-10-21)15-12-14(19)2-3-16(15)20/h2-3,12-13,17H,4-11H2,1H3/t17-/m1/s1. The first-order chi connectivity index (χ1) is 12.8. The Hall–Kier alpha value is -1.19. The zero-order valence-corrected chi connectivity index (χ0v) is 16.9. The van der Waals surface area contributed by atoms with Gasteiger partial charge < -0.3 is 4.90 Å². The molecule has 0 unspecified atom stereocenters. The van der Waals surface area contributed by atoms with Crippen LogP contribution in [0.25, 0.3) is 0 Å². The average Bonchev–Trinajstić information content (AvgIpc) is 2.88. The monoisotopic (exact) mass is 418 g/mol. The van der Waals surface area contributed by atoms with Gasteiger partial charge in [-0.3, -0.25) is 4.79 Å². The molecule has 2 aliphatic heterocycles. The van der Waals surface area contributed by atoms with Crippen LogP contribution in [0.1, 0.15) is 30.1 Å². The Balaban J connectivity index is 1.60. The van der Waals surface area contributed by atoms with Crippen molar-refractivity contribution in [3.63, 3.8) is 0 Å². The fourth-order valence-electron chi connectivity index (χ4n) is 3.69. The van der Waals surface area contributed by atoms with Crippen LogP contribution in [-0.4, -0.2) is 61.7 Å². The highest BCUT2D eigenvalue weighted by molar-refractivity contribution is 7.99. The Labute approximate surface area is 163 Å². The molecule has 0 aromatic heterocycles. The first-order valence-corrected chi connectivity index (χ1v) is 12.0. The summed E-state index contributed by atoms with van der Waals surface area (Å²) in [7, 11) is -3.21. The average molecular weight is 419 g/mol. The van der Waals surface area contributed by atoms with Crippen molar-refractivity contribution in [3.8, 4) is 0 Å². The summed E-state index contributed by atoms with van der Waals surface area (Å²) in [5.41, 5.74) is 0.357. The van der Waals surface area contributed by atoms with Gasteiger partial charge in [0.1, 0.15) is 11.6 Å². The van der Waals surface area contributed by atoms with E-state index in [1.165, 1.54) is 16.6 Å². The highest BCUT2D eigenvalue weighted by atomic mass is 32.2. The lowest BCUT2D eigenvalue weighted by Crippen LogP contribution is -2.44. The van der Waals surface area contributed by atoms with Crippen molar-refractivity contribution >= 4 is 27.7 Å². The smallest absolute Gasteiger partial charge is 0.225 e. The maximum Gasteiger partial charge on any atom is 0.225 e. The predicted molar refractivity (Wildman–Crippen MR) is 102 cm³/mol. The second-order valence-corrected chi connectivity index (χ2v) is 10.4. The summed E-state index contributed by atoms with van der Waals surface area (Å²) in [4.78, 5) is 14.6. The molecule has 5 nitrogen and oxygen atoms in total. The van der Waals surface area contributed by atoms with Gasteiger partial charge in [0.15, 0.2) is 0 Å². The predicted octanol–water partition coefficient (Wildman–Crippen LogP) is 2.64. The quantitative estimate of drug-likeness (QED) is 0.757. The molecular formula is C18H24F2N2O3S2. The lowest BCUT2D eigenvalue weighted by molar-refractivity contribution is -0.136. The lowest BCUT2D eigenvalue weighted by Gasteiger charge is -2.32. The zero-order valence-electron chi connectivity index (χ0n) is 15.2. The van der Waals surface area contributed by atoms with Gasteiger partial charge in [-0.05, 0) is 37.5 Å². The summed E-state index contributed by atoms with van der Waals surface area (Å²) in [5.74, 6) is -0.336. The highest BCUT2D eigenvalue weighted by Crippen LogP contribution is 2.36. The molecule has 0 radical (unpaired) electrons. The van der Waals surface area contributed by atoms with Crippen LogP contribution in [0.15, 0.2) is 18.2 Å². The van der Waals surface area contributed by atoms with Gasteiger partial charge in [-0.25, -0.2) is 21.5 Å². The van der Waals surface area contributed by atoms with Gasteiger partial charge in [0.25, 0.3) is 0 Å². The number of hydrogen-bond acceptors (Lipinski definition) is 4. The Morgan fingerprint density at radius 2 is 1.81 bits per heavy atom. The number of halogens is 2. The summed E-state index contributed by atoms with van der Waals surface area (Å²) < 4.78 is 52.2. The second-order valence-electron chi connectivity index (χ2n) is 7.08. The fourth-order valence-corrected chi connectivity index (χ4v) is 5.81. The number of piperidine rings is 1. The molecule has 1 atom stereocenters. The molecule has 150 valence electrons. The SMILES string of the molecule is CS(=O)(=O)N1CCC(C(=O)N2CCS[C@@H](c3cc(F)ccc3F)CC2)CC1. The van der Waals surface area contributed by atoms with Crippen molar-refractivity contribution in [3.05, 3.63) is 35.4 Å². The van der Waals surface area contributed by atoms with E-state index in [1.807, 2.05) is 0 Å². The number of carbonyl (C=O) groups is 1. The number of sulfonamides is 1. The molecule has 0 spiro atoms. The molecule has 2 aliphatic rings. The van der Waals surface area contributed by atoms with Crippen molar-refractivity contribution in [1.82, 2.24) is 9.21 Å². The van der Waals surface area contributed by atoms with Crippen molar-refractivity contribution in [2.75, 3.05) is 38.2 Å². The van der Waals surface area contributed by atoms with Gasteiger partial charge in [0.2, 0.25) is 15.9 Å². The van der Waals surface area contributed by atoms with Gasteiger partial charge in [0, 0.05) is 48.7 Å². The lowest BCUT2D eigenvalue weighted by atomic mass is 9.96. The molecule has 0 aliphatic carbocycles. The Morgan fingerprint density at radius 1 is 1.11 bits per heavy atom. The molecule has 2 saturated heterocycles. The van der Waals surface area contributed by atoms with Crippen LogP contribution in [-0.2, 0) is 14.8 Å². The third-order valence-corrected chi connectivity index (χ3v) is 7.84. The molecule has 2 fully saturated rings.